The molecule has 0 heterocycles. The Kier molecular flexibility index (Phi) is 6.72. The molecule has 0 atom stereocenters. The molecule has 0 heteroatoms. The Balaban J connectivity index is 1.60. The molecule has 0 N–H and O–H groups in total. The zero-order chi connectivity index (χ0) is 18.4. The Morgan fingerprint density at radius 1 is 0.923 bits per heavy atom. The topological polar surface area (TPSA) is 0 Å². The molecule has 0 nitrogen and oxygen atoms in total. The van der Waals surface area contributed by atoms with Crippen molar-refractivity contribution in [2.24, 2.45) is 5.92 Å². The monoisotopic (exact) mass is 346 g/mol. The van der Waals surface area contributed by atoms with Gasteiger partial charge in [0.1, 0.15) is 0 Å². The summed E-state index contributed by atoms with van der Waals surface area (Å²) in [7, 11) is 0. The second-order valence-electron chi connectivity index (χ2n) is 8.11. The van der Waals surface area contributed by atoms with E-state index < -0.39 is 0 Å². The van der Waals surface area contributed by atoms with Gasteiger partial charge in [0, 0.05) is 0 Å². The Hall–Kier alpha value is -1.82. The van der Waals surface area contributed by atoms with Gasteiger partial charge in [-0.1, -0.05) is 87.7 Å². The highest BCUT2D eigenvalue weighted by Gasteiger charge is 2.22. The van der Waals surface area contributed by atoms with Gasteiger partial charge in [-0.15, -0.1) is 0 Å². The van der Waals surface area contributed by atoms with E-state index in [0.717, 1.165) is 11.8 Å². The van der Waals surface area contributed by atoms with Crippen LogP contribution in [0.15, 0.2) is 49.0 Å². The van der Waals surface area contributed by atoms with Crippen LogP contribution in [0.4, 0.5) is 0 Å². The van der Waals surface area contributed by atoms with Crippen molar-refractivity contribution in [1.29, 1.82) is 0 Å². The molecule has 0 amide bonds. The average molecular weight is 347 g/mol. The Morgan fingerprint density at radius 3 is 2.23 bits per heavy atom. The van der Waals surface area contributed by atoms with E-state index in [1.165, 1.54) is 73.6 Å². The molecule has 1 saturated carbocycles. The zero-order valence-electron chi connectivity index (χ0n) is 16.6. The maximum absolute atomic E-state index is 3.88. The average Bonchev–Trinajstić information content (AvgIpc) is 2.69. The number of aryl methyl sites for hydroxylation is 1. The van der Waals surface area contributed by atoms with Crippen molar-refractivity contribution >= 4 is 6.08 Å². The van der Waals surface area contributed by atoms with Crippen LogP contribution in [0.25, 0.3) is 17.2 Å². The van der Waals surface area contributed by atoms with E-state index in [0.29, 0.717) is 0 Å². The number of hydrogen-bond acceptors (Lipinski definition) is 0. The van der Waals surface area contributed by atoms with Gasteiger partial charge in [-0.05, 0) is 72.3 Å². The lowest BCUT2D eigenvalue weighted by atomic mass is 9.77. The third-order valence-electron chi connectivity index (χ3n) is 6.27. The fourth-order valence-electron chi connectivity index (χ4n) is 4.50. The number of unbranched alkanes of at least 4 members (excludes halogenated alkanes) is 2. The van der Waals surface area contributed by atoms with Gasteiger partial charge in [0.15, 0.2) is 0 Å². The Bertz CT molecular complexity index is 699. The molecule has 0 unspecified atom stereocenters. The van der Waals surface area contributed by atoms with Crippen molar-refractivity contribution in [2.45, 2.75) is 71.1 Å². The smallest absolute Gasteiger partial charge is 0.0162 e. The zero-order valence-corrected chi connectivity index (χ0v) is 16.6. The van der Waals surface area contributed by atoms with Crippen LogP contribution in [0.3, 0.4) is 0 Å². The summed E-state index contributed by atoms with van der Waals surface area (Å²) in [6.07, 6.45) is 13.2. The summed E-state index contributed by atoms with van der Waals surface area (Å²) in [5.74, 6) is 1.76. The molecule has 2 aromatic rings. The van der Waals surface area contributed by atoms with Crippen LogP contribution in [0.2, 0.25) is 0 Å². The Labute approximate surface area is 160 Å². The molecule has 1 fully saturated rings. The second-order valence-corrected chi connectivity index (χ2v) is 8.11. The minimum absolute atomic E-state index is 0.774. The van der Waals surface area contributed by atoms with E-state index in [1.54, 1.807) is 5.56 Å². The van der Waals surface area contributed by atoms with Crippen LogP contribution in [0.1, 0.15) is 80.9 Å². The number of hydrogen-bond donors (Lipinski definition) is 0. The molecule has 1 aliphatic rings. The molecule has 2 aromatic carbocycles. The molecule has 1 aliphatic carbocycles. The lowest BCUT2D eigenvalue weighted by Gasteiger charge is -2.29. The normalized spacial score (nSPS) is 20.1. The third kappa shape index (κ3) is 4.67. The predicted octanol–water partition coefficient (Wildman–Crippen LogP) is 8.16. The summed E-state index contributed by atoms with van der Waals surface area (Å²) >= 11 is 0. The maximum Gasteiger partial charge on any atom is -0.0162 e. The van der Waals surface area contributed by atoms with Gasteiger partial charge in [-0.3, -0.25) is 0 Å². The first-order valence-electron chi connectivity index (χ1n) is 10.5. The molecular weight excluding hydrogens is 312 g/mol. The molecule has 0 aromatic heterocycles. The molecule has 3 rings (SSSR count). The quantitative estimate of drug-likeness (QED) is 0.443. The van der Waals surface area contributed by atoms with E-state index in [9.17, 15) is 0 Å². The summed E-state index contributed by atoms with van der Waals surface area (Å²) in [5.41, 5.74) is 6.68. The van der Waals surface area contributed by atoms with Crippen molar-refractivity contribution in [2.75, 3.05) is 0 Å². The summed E-state index contributed by atoms with van der Waals surface area (Å²) < 4.78 is 0. The lowest BCUT2D eigenvalue weighted by molar-refractivity contribution is 0.303. The molecule has 0 bridgehead atoms. The molecule has 26 heavy (non-hydrogen) atoms. The van der Waals surface area contributed by atoms with Crippen LogP contribution in [-0.2, 0) is 0 Å². The second kappa shape index (κ2) is 9.21. The van der Waals surface area contributed by atoms with Gasteiger partial charge in [-0.25, -0.2) is 0 Å². The van der Waals surface area contributed by atoms with E-state index in [-0.39, 0.29) is 0 Å². The van der Waals surface area contributed by atoms with Crippen molar-refractivity contribution in [3.63, 3.8) is 0 Å². The Morgan fingerprint density at radius 2 is 1.62 bits per heavy atom. The van der Waals surface area contributed by atoms with Crippen molar-refractivity contribution in [1.82, 2.24) is 0 Å². The predicted molar refractivity (Wildman–Crippen MR) is 116 cm³/mol. The van der Waals surface area contributed by atoms with Gasteiger partial charge in [0.05, 0.1) is 0 Å². The maximum atomic E-state index is 3.88. The number of rotatable bonds is 7. The molecule has 0 spiro atoms. The van der Waals surface area contributed by atoms with Crippen molar-refractivity contribution in [3.05, 3.63) is 65.7 Å². The van der Waals surface area contributed by atoms with Gasteiger partial charge in [0.25, 0.3) is 0 Å². The molecule has 138 valence electrons. The molecule has 0 saturated heterocycles. The van der Waals surface area contributed by atoms with E-state index in [2.05, 4.69) is 62.9 Å². The van der Waals surface area contributed by atoms with E-state index in [1.807, 2.05) is 6.08 Å². The molecular formula is C26H34. The summed E-state index contributed by atoms with van der Waals surface area (Å²) in [4.78, 5) is 0. The van der Waals surface area contributed by atoms with Gasteiger partial charge in [-0.2, -0.15) is 0 Å². The fraction of sp³-hybridized carbons (Fsp3) is 0.462. The third-order valence-corrected chi connectivity index (χ3v) is 6.27. The summed E-state index contributed by atoms with van der Waals surface area (Å²) in [6.45, 7) is 8.35. The van der Waals surface area contributed by atoms with Crippen LogP contribution >= 0.6 is 0 Å². The minimum atomic E-state index is 0.774. The molecule has 0 aliphatic heterocycles. The fourth-order valence-corrected chi connectivity index (χ4v) is 4.50. The van der Waals surface area contributed by atoms with E-state index >= 15 is 0 Å². The largest absolute Gasteiger partial charge is 0.0985 e. The van der Waals surface area contributed by atoms with E-state index in [4.69, 9.17) is 0 Å². The van der Waals surface area contributed by atoms with Crippen LogP contribution in [-0.4, -0.2) is 0 Å². The lowest BCUT2D eigenvalue weighted by Crippen LogP contribution is -2.13. The summed E-state index contributed by atoms with van der Waals surface area (Å²) in [6, 6.07) is 16.0. The van der Waals surface area contributed by atoms with Gasteiger partial charge in [0.2, 0.25) is 0 Å². The van der Waals surface area contributed by atoms with Crippen molar-refractivity contribution < 1.29 is 0 Å². The SMILES string of the molecule is C=Cc1ccc(-c2ccc([C@H]3CC[C@H](CCCCC)CC3)cc2)cc1C. The van der Waals surface area contributed by atoms with Crippen LogP contribution in [0, 0.1) is 12.8 Å². The first kappa shape index (κ1) is 19.0. The number of benzene rings is 2. The van der Waals surface area contributed by atoms with Crippen LogP contribution in [0.5, 0.6) is 0 Å². The molecule has 0 radical (unpaired) electrons. The summed E-state index contributed by atoms with van der Waals surface area (Å²) in [5, 5.41) is 0. The van der Waals surface area contributed by atoms with Crippen LogP contribution < -0.4 is 0 Å². The standard InChI is InChI=1S/C26H34/c1-4-6-7-8-21-9-11-23(12-10-21)24-14-16-25(17-15-24)26-18-13-22(5-2)20(3)19-26/h5,13-19,21,23H,2,4,6-12H2,1,3H3/t21-,23-. The highest BCUT2D eigenvalue weighted by Crippen LogP contribution is 2.38. The van der Waals surface area contributed by atoms with Gasteiger partial charge < -0.3 is 0 Å². The first-order valence-corrected chi connectivity index (χ1v) is 10.5. The minimum Gasteiger partial charge on any atom is -0.0985 e. The van der Waals surface area contributed by atoms with Crippen molar-refractivity contribution in [3.8, 4) is 11.1 Å². The highest BCUT2D eigenvalue weighted by atomic mass is 14.3. The van der Waals surface area contributed by atoms with Gasteiger partial charge >= 0.3 is 0 Å². The highest BCUT2D eigenvalue weighted by molar-refractivity contribution is 5.67. The first-order chi connectivity index (χ1) is 12.7.